The van der Waals surface area contributed by atoms with Gasteiger partial charge < -0.3 is 5.32 Å². The standard InChI is InChI=1S/C17H19F2NS/c1-13(20-2)14-7-6-10-16(11-14)21-12-17(18,19)15-8-4-3-5-9-15/h3-11,13,20H,12H2,1-2H3. The average molecular weight is 307 g/mol. The number of thioether (sulfide) groups is 1. The maximum absolute atomic E-state index is 14.1. The molecule has 0 saturated heterocycles. The highest BCUT2D eigenvalue weighted by molar-refractivity contribution is 7.99. The number of hydrogen-bond acceptors (Lipinski definition) is 2. The molecule has 1 unspecified atom stereocenters. The van der Waals surface area contributed by atoms with Crippen LogP contribution in [0.5, 0.6) is 0 Å². The lowest BCUT2D eigenvalue weighted by Gasteiger charge is -2.17. The Labute approximate surface area is 128 Å². The summed E-state index contributed by atoms with van der Waals surface area (Å²) in [5, 5.41) is 3.15. The van der Waals surface area contributed by atoms with Crippen molar-refractivity contribution in [2.24, 2.45) is 0 Å². The topological polar surface area (TPSA) is 12.0 Å². The van der Waals surface area contributed by atoms with Crippen molar-refractivity contribution in [3.8, 4) is 0 Å². The molecular formula is C17H19F2NS. The Hall–Kier alpha value is -1.39. The predicted octanol–water partition coefficient (Wildman–Crippen LogP) is 4.85. The van der Waals surface area contributed by atoms with Crippen LogP contribution in [0.15, 0.2) is 59.5 Å². The molecule has 1 nitrogen and oxygen atoms in total. The lowest BCUT2D eigenvalue weighted by molar-refractivity contribution is 0.0232. The molecule has 0 aliphatic carbocycles. The third-order valence-corrected chi connectivity index (χ3v) is 4.50. The summed E-state index contributed by atoms with van der Waals surface area (Å²) in [7, 11) is 1.88. The third-order valence-electron chi connectivity index (χ3n) is 3.41. The molecule has 1 atom stereocenters. The second-order valence-corrected chi connectivity index (χ2v) is 5.99. The van der Waals surface area contributed by atoms with E-state index in [4.69, 9.17) is 0 Å². The summed E-state index contributed by atoms with van der Waals surface area (Å²) < 4.78 is 28.3. The summed E-state index contributed by atoms with van der Waals surface area (Å²) in [6, 6.07) is 15.9. The van der Waals surface area contributed by atoms with Gasteiger partial charge in [0.2, 0.25) is 0 Å². The van der Waals surface area contributed by atoms with Crippen molar-refractivity contribution >= 4 is 11.8 Å². The fourth-order valence-electron chi connectivity index (χ4n) is 1.98. The van der Waals surface area contributed by atoms with E-state index in [0.717, 1.165) is 10.5 Å². The predicted molar refractivity (Wildman–Crippen MR) is 85.0 cm³/mol. The van der Waals surface area contributed by atoms with Gasteiger partial charge in [-0.1, -0.05) is 42.5 Å². The van der Waals surface area contributed by atoms with Gasteiger partial charge in [0.1, 0.15) is 0 Å². The fourth-order valence-corrected chi connectivity index (χ4v) is 2.89. The van der Waals surface area contributed by atoms with Crippen LogP contribution >= 0.6 is 11.8 Å². The lowest BCUT2D eigenvalue weighted by atomic mass is 10.1. The van der Waals surface area contributed by atoms with E-state index in [1.165, 1.54) is 23.9 Å². The largest absolute Gasteiger partial charge is 0.313 e. The first-order valence-corrected chi connectivity index (χ1v) is 7.85. The Kier molecular flexibility index (Phi) is 5.37. The van der Waals surface area contributed by atoms with E-state index in [2.05, 4.69) is 5.32 Å². The van der Waals surface area contributed by atoms with Crippen LogP contribution in [0.3, 0.4) is 0 Å². The summed E-state index contributed by atoms with van der Waals surface area (Å²) in [6.07, 6.45) is 0. The van der Waals surface area contributed by atoms with E-state index in [9.17, 15) is 8.78 Å². The van der Waals surface area contributed by atoms with Crippen LogP contribution in [0.25, 0.3) is 0 Å². The minimum Gasteiger partial charge on any atom is -0.313 e. The highest BCUT2D eigenvalue weighted by atomic mass is 32.2. The van der Waals surface area contributed by atoms with Crippen molar-refractivity contribution in [1.82, 2.24) is 5.32 Å². The second-order valence-electron chi connectivity index (χ2n) is 4.94. The maximum atomic E-state index is 14.1. The summed E-state index contributed by atoms with van der Waals surface area (Å²) in [4.78, 5) is 0.866. The summed E-state index contributed by atoms with van der Waals surface area (Å²) in [6.45, 7) is 2.04. The molecule has 0 spiro atoms. The zero-order valence-electron chi connectivity index (χ0n) is 12.1. The van der Waals surface area contributed by atoms with Crippen LogP contribution in [0.1, 0.15) is 24.1 Å². The van der Waals surface area contributed by atoms with Gasteiger partial charge >= 0.3 is 0 Å². The van der Waals surface area contributed by atoms with Crippen molar-refractivity contribution in [2.45, 2.75) is 23.8 Å². The van der Waals surface area contributed by atoms with E-state index in [0.29, 0.717) is 0 Å². The molecule has 2 aromatic carbocycles. The van der Waals surface area contributed by atoms with E-state index in [-0.39, 0.29) is 17.4 Å². The Balaban J connectivity index is 2.06. The van der Waals surface area contributed by atoms with Crippen molar-refractivity contribution in [1.29, 1.82) is 0 Å². The highest BCUT2D eigenvalue weighted by Gasteiger charge is 2.31. The van der Waals surface area contributed by atoms with Crippen molar-refractivity contribution in [3.63, 3.8) is 0 Å². The molecule has 0 fully saturated rings. The maximum Gasteiger partial charge on any atom is 0.282 e. The van der Waals surface area contributed by atoms with Crippen LogP contribution in [0, 0.1) is 0 Å². The van der Waals surface area contributed by atoms with Gasteiger partial charge in [0.15, 0.2) is 0 Å². The molecule has 0 saturated carbocycles. The molecule has 0 amide bonds. The molecule has 21 heavy (non-hydrogen) atoms. The Morgan fingerprint density at radius 2 is 1.81 bits per heavy atom. The first-order chi connectivity index (χ1) is 10.0. The van der Waals surface area contributed by atoms with Gasteiger partial charge in [-0.2, -0.15) is 0 Å². The van der Waals surface area contributed by atoms with Crippen molar-refractivity contribution in [2.75, 3.05) is 12.8 Å². The number of rotatable bonds is 6. The van der Waals surface area contributed by atoms with E-state index in [1.807, 2.05) is 38.2 Å². The van der Waals surface area contributed by atoms with Crippen LogP contribution < -0.4 is 5.32 Å². The normalized spacial score (nSPS) is 13.1. The number of benzene rings is 2. The van der Waals surface area contributed by atoms with Gasteiger partial charge in [0.25, 0.3) is 5.92 Å². The van der Waals surface area contributed by atoms with Gasteiger partial charge in [0, 0.05) is 16.5 Å². The summed E-state index contributed by atoms with van der Waals surface area (Å²) in [5.74, 6) is -3.08. The zero-order chi connectivity index (χ0) is 15.3. The second kappa shape index (κ2) is 7.05. The van der Waals surface area contributed by atoms with Gasteiger partial charge in [-0.05, 0) is 31.7 Å². The quantitative estimate of drug-likeness (QED) is 0.766. The van der Waals surface area contributed by atoms with Crippen LogP contribution in [-0.4, -0.2) is 12.8 Å². The molecule has 1 N–H and O–H groups in total. The van der Waals surface area contributed by atoms with Gasteiger partial charge in [-0.3, -0.25) is 0 Å². The van der Waals surface area contributed by atoms with Gasteiger partial charge in [-0.25, -0.2) is 8.78 Å². The monoisotopic (exact) mass is 307 g/mol. The highest BCUT2D eigenvalue weighted by Crippen LogP contribution is 2.34. The van der Waals surface area contributed by atoms with Crippen LogP contribution in [0.4, 0.5) is 8.78 Å². The summed E-state index contributed by atoms with van der Waals surface area (Å²) >= 11 is 1.19. The number of alkyl halides is 2. The lowest BCUT2D eigenvalue weighted by Crippen LogP contribution is -2.16. The smallest absolute Gasteiger partial charge is 0.282 e. The Morgan fingerprint density at radius 3 is 2.48 bits per heavy atom. The van der Waals surface area contributed by atoms with Crippen LogP contribution in [-0.2, 0) is 5.92 Å². The average Bonchev–Trinajstić information content (AvgIpc) is 2.53. The minimum absolute atomic E-state index is 0.0669. The molecule has 0 radical (unpaired) electrons. The van der Waals surface area contributed by atoms with Gasteiger partial charge in [-0.15, -0.1) is 11.8 Å². The van der Waals surface area contributed by atoms with E-state index >= 15 is 0 Å². The molecule has 0 bridgehead atoms. The number of nitrogens with one attached hydrogen (secondary N) is 1. The molecule has 4 heteroatoms. The minimum atomic E-state index is -2.82. The molecule has 112 valence electrons. The Bertz CT molecular complexity index is 572. The fraction of sp³-hybridized carbons (Fsp3) is 0.294. The van der Waals surface area contributed by atoms with Gasteiger partial charge in [0.05, 0.1) is 5.75 Å². The molecule has 0 aliphatic rings. The third kappa shape index (κ3) is 4.29. The Morgan fingerprint density at radius 1 is 1.10 bits per heavy atom. The molecular weight excluding hydrogens is 288 g/mol. The van der Waals surface area contributed by atoms with Crippen LogP contribution in [0.2, 0.25) is 0 Å². The SMILES string of the molecule is CNC(C)c1cccc(SCC(F)(F)c2ccccc2)c1. The molecule has 0 aromatic heterocycles. The molecule has 0 aliphatic heterocycles. The first kappa shape index (κ1) is 16.0. The number of halogens is 2. The van der Waals surface area contributed by atoms with Crippen molar-refractivity contribution < 1.29 is 8.78 Å². The van der Waals surface area contributed by atoms with E-state index in [1.54, 1.807) is 18.2 Å². The molecule has 2 aromatic rings. The molecule has 2 rings (SSSR count). The molecule has 0 heterocycles. The van der Waals surface area contributed by atoms with E-state index < -0.39 is 5.92 Å². The first-order valence-electron chi connectivity index (χ1n) is 6.86. The summed E-state index contributed by atoms with van der Waals surface area (Å²) in [5.41, 5.74) is 1.17. The zero-order valence-corrected chi connectivity index (χ0v) is 13.0. The van der Waals surface area contributed by atoms with Crippen molar-refractivity contribution in [3.05, 3.63) is 65.7 Å². The number of hydrogen-bond donors (Lipinski definition) is 1.